The second-order valence-electron chi connectivity index (χ2n) is 7.61. The largest absolute Gasteiger partial charge is 0.480 e. The molecular weight excluding hydrogens is 384 g/mol. The summed E-state index contributed by atoms with van der Waals surface area (Å²) in [5.74, 6) is -1.79. The number of hydrogen-bond acceptors (Lipinski definition) is 4. The Kier molecular flexibility index (Phi) is 6.40. The normalized spacial score (nSPS) is 14.2. The number of carbonyl (C=O) groups excluding carboxylic acids is 2. The Morgan fingerprint density at radius 3 is 2.13 bits per heavy atom. The van der Waals surface area contributed by atoms with Crippen LogP contribution in [-0.4, -0.2) is 41.8 Å². The van der Waals surface area contributed by atoms with Crippen molar-refractivity contribution in [2.24, 2.45) is 0 Å². The number of carboxylic acid groups (broad SMARTS) is 1. The Hall–Kier alpha value is -3.35. The van der Waals surface area contributed by atoms with Crippen molar-refractivity contribution in [2.45, 2.75) is 38.1 Å². The van der Waals surface area contributed by atoms with Crippen LogP contribution in [0.15, 0.2) is 48.5 Å². The Morgan fingerprint density at radius 1 is 1.03 bits per heavy atom. The molecule has 1 aliphatic rings. The van der Waals surface area contributed by atoms with Crippen LogP contribution >= 0.6 is 0 Å². The molecule has 0 fully saturated rings. The zero-order valence-corrected chi connectivity index (χ0v) is 17.1. The van der Waals surface area contributed by atoms with E-state index >= 15 is 0 Å². The third-order valence-corrected chi connectivity index (χ3v) is 5.37. The molecule has 1 unspecified atom stereocenters. The fourth-order valence-electron chi connectivity index (χ4n) is 3.94. The van der Waals surface area contributed by atoms with Crippen molar-refractivity contribution >= 4 is 18.0 Å². The van der Waals surface area contributed by atoms with Crippen LogP contribution in [-0.2, 0) is 14.3 Å². The first-order valence-corrected chi connectivity index (χ1v) is 9.99. The maximum absolute atomic E-state index is 12.5. The van der Waals surface area contributed by atoms with Crippen LogP contribution in [0.2, 0.25) is 0 Å². The fraction of sp³-hybridized carbons (Fsp3) is 0.348. The average molecular weight is 410 g/mol. The van der Waals surface area contributed by atoms with Crippen molar-refractivity contribution in [3.63, 3.8) is 0 Å². The van der Waals surface area contributed by atoms with Crippen molar-refractivity contribution in [2.75, 3.05) is 13.2 Å². The first kappa shape index (κ1) is 21.4. The quantitative estimate of drug-likeness (QED) is 0.619. The molecule has 1 aliphatic carbocycles. The monoisotopic (exact) mass is 410 g/mol. The second-order valence-corrected chi connectivity index (χ2v) is 7.61. The SMILES string of the molecule is CCCC(C)(NC(=O)OCC1c2ccccc2-c2ccccc21)C(=O)NCC(=O)O. The number of benzene rings is 2. The number of fused-ring (bicyclic) bond motifs is 3. The third kappa shape index (κ3) is 4.45. The van der Waals surface area contributed by atoms with Gasteiger partial charge >= 0.3 is 12.1 Å². The molecule has 3 rings (SSSR count). The molecule has 3 N–H and O–H groups in total. The lowest BCUT2D eigenvalue weighted by atomic mass is 9.95. The topological polar surface area (TPSA) is 105 Å². The predicted octanol–water partition coefficient (Wildman–Crippen LogP) is 3.28. The van der Waals surface area contributed by atoms with Gasteiger partial charge in [0.1, 0.15) is 18.7 Å². The molecule has 0 aromatic heterocycles. The van der Waals surface area contributed by atoms with Gasteiger partial charge in [-0.15, -0.1) is 0 Å². The van der Waals surface area contributed by atoms with Gasteiger partial charge in [0.2, 0.25) is 5.91 Å². The number of carbonyl (C=O) groups is 3. The highest BCUT2D eigenvalue weighted by atomic mass is 16.5. The third-order valence-electron chi connectivity index (χ3n) is 5.37. The predicted molar refractivity (Wildman–Crippen MR) is 112 cm³/mol. The number of nitrogens with one attached hydrogen (secondary N) is 2. The molecule has 158 valence electrons. The number of aliphatic carboxylic acids is 1. The van der Waals surface area contributed by atoms with E-state index < -0.39 is 30.1 Å². The number of carboxylic acids is 1. The van der Waals surface area contributed by atoms with Crippen LogP contribution in [0.5, 0.6) is 0 Å². The highest BCUT2D eigenvalue weighted by Crippen LogP contribution is 2.44. The maximum atomic E-state index is 12.5. The second kappa shape index (κ2) is 8.98. The molecule has 0 bridgehead atoms. The zero-order chi connectivity index (χ0) is 21.7. The van der Waals surface area contributed by atoms with E-state index in [0.29, 0.717) is 12.8 Å². The molecule has 7 heteroatoms. The van der Waals surface area contributed by atoms with E-state index in [4.69, 9.17) is 9.84 Å². The minimum Gasteiger partial charge on any atom is -0.480 e. The summed E-state index contributed by atoms with van der Waals surface area (Å²) in [4.78, 5) is 35.7. The van der Waals surface area contributed by atoms with Crippen molar-refractivity contribution < 1.29 is 24.2 Å². The molecule has 0 radical (unpaired) electrons. The van der Waals surface area contributed by atoms with Crippen LogP contribution < -0.4 is 10.6 Å². The van der Waals surface area contributed by atoms with E-state index in [2.05, 4.69) is 22.8 Å². The van der Waals surface area contributed by atoms with Crippen molar-refractivity contribution in [1.29, 1.82) is 0 Å². The molecule has 0 saturated carbocycles. The summed E-state index contributed by atoms with van der Waals surface area (Å²) in [5.41, 5.74) is 3.20. The summed E-state index contributed by atoms with van der Waals surface area (Å²) in [6.45, 7) is 3.07. The Bertz CT molecular complexity index is 913. The maximum Gasteiger partial charge on any atom is 0.408 e. The van der Waals surface area contributed by atoms with Crippen molar-refractivity contribution in [3.05, 3.63) is 59.7 Å². The van der Waals surface area contributed by atoms with Crippen molar-refractivity contribution in [1.82, 2.24) is 10.6 Å². The van der Waals surface area contributed by atoms with E-state index in [9.17, 15) is 14.4 Å². The van der Waals surface area contributed by atoms with Gasteiger partial charge in [0.15, 0.2) is 0 Å². The minimum atomic E-state index is -1.26. The van der Waals surface area contributed by atoms with Gasteiger partial charge in [0.25, 0.3) is 0 Å². The van der Waals surface area contributed by atoms with Crippen LogP contribution in [0.4, 0.5) is 4.79 Å². The highest BCUT2D eigenvalue weighted by Gasteiger charge is 2.35. The number of rotatable bonds is 8. The lowest BCUT2D eigenvalue weighted by Crippen LogP contribution is -2.57. The van der Waals surface area contributed by atoms with Crippen LogP contribution in [0.25, 0.3) is 11.1 Å². The molecule has 0 saturated heterocycles. The summed E-state index contributed by atoms with van der Waals surface area (Å²) in [5, 5.41) is 13.7. The standard InChI is InChI=1S/C23H26N2O5/c1-3-12-23(2,21(28)24-13-20(26)27)25-22(29)30-14-19-17-10-6-4-8-15(17)16-9-5-7-11-18(16)19/h4-11,19H,3,12-14H2,1-2H3,(H,24,28)(H,25,29)(H,26,27). The number of alkyl carbamates (subject to hydrolysis) is 1. The van der Waals surface area contributed by atoms with Gasteiger partial charge in [0, 0.05) is 5.92 Å². The molecule has 0 aliphatic heterocycles. The fourth-order valence-corrected chi connectivity index (χ4v) is 3.94. The smallest absolute Gasteiger partial charge is 0.408 e. The molecule has 30 heavy (non-hydrogen) atoms. The van der Waals surface area contributed by atoms with E-state index in [1.807, 2.05) is 43.3 Å². The lowest BCUT2D eigenvalue weighted by molar-refractivity contribution is -0.139. The molecule has 2 aromatic rings. The molecule has 1 atom stereocenters. The molecule has 2 aromatic carbocycles. The zero-order valence-electron chi connectivity index (χ0n) is 17.1. The van der Waals surface area contributed by atoms with Gasteiger partial charge < -0.3 is 20.5 Å². The average Bonchev–Trinajstić information content (AvgIpc) is 3.04. The Balaban J connectivity index is 1.69. The van der Waals surface area contributed by atoms with Gasteiger partial charge in [-0.2, -0.15) is 0 Å². The first-order valence-electron chi connectivity index (χ1n) is 9.99. The van der Waals surface area contributed by atoms with Crippen LogP contribution in [0, 0.1) is 0 Å². The summed E-state index contributed by atoms with van der Waals surface area (Å²) in [6.07, 6.45) is 0.266. The Morgan fingerprint density at radius 2 is 1.60 bits per heavy atom. The molecule has 0 spiro atoms. The summed E-state index contributed by atoms with van der Waals surface area (Å²) in [6, 6.07) is 16.1. The summed E-state index contributed by atoms with van der Waals surface area (Å²) < 4.78 is 5.51. The Labute approximate surface area is 175 Å². The van der Waals surface area contributed by atoms with Crippen LogP contribution in [0.3, 0.4) is 0 Å². The van der Waals surface area contributed by atoms with Crippen molar-refractivity contribution in [3.8, 4) is 11.1 Å². The first-order chi connectivity index (χ1) is 14.4. The van der Waals surface area contributed by atoms with E-state index in [1.165, 1.54) is 0 Å². The van der Waals surface area contributed by atoms with E-state index in [1.54, 1.807) is 6.92 Å². The van der Waals surface area contributed by atoms with Gasteiger partial charge in [-0.05, 0) is 35.6 Å². The van der Waals surface area contributed by atoms with Gasteiger partial charge in [-0.1, -0.05) is 61.9 Å². The summed E-state index contributed by atoms with van der Waals surface area (Å²) in [7, 11) is 0. The highest BCUT2D eigenvalue weighted by molar-refractivity contribution is 5.91. The van der Waals surface area contributed by atoms with Gasteiger partial charge in [-0.3, -0.25) is 9.59 Å². The number of ether oxygens (including phenoxy) is 1. The minimum absolute atomic E-state index is 0.0820. The van der Waals surface area contributed by atoms with Crippen LogP contribution in [0.1, 0.15) is 43.7 Å². The number of hydrogen-bond donors (Lipinski definition) is 3. The van der Waals surface area contributed by atoms with Gasteiger partial charge in [-0.25, -0.2) is 4.79 Å². The van der Waals surface area contributed by atoms with Gasteiger partial charge in [0.05, 0.1) is 0 Å². The number of amides is 2. The van der Waals surface area contributed by atoms with E-state index in [-0.39, 0.29) is 12.5 Å². The molecule has 0 heterocycles. The lowest BCUT2D eigenvalue weighted by Gasteiger charge is -2.29. The van der Waals surface area contributed by atoms with E-state index in [0.717, 1.165) is 22.3 Å². The summed E-state index contributed by atoms with van der Waals surface area (Å²) >= 11 is 0. The molecule has 2 amide bonds. The molecular formula is C23H26N2O5. The molecule has 7 nitrogen and oxygen atoms in total.